The van der Waals surface area contributed by atoms with Gasteiger partial charge in [-0.05, 0) is 46.3 Å². The largest absolute Gasteiger partial charge is 0.444 e. The summed E-state index contributed by atoms with van der Waals surface area (Å²) in [6.45, 7) is 7.30. The number of aryl methyl sites for hydroxylation is 2. The van der Waals surface area contributed by atoms with Crippen molar-refractivity contribution in [1.29, 1.82) is 0 Å². The van der Waals surface area contributed by atoms with Gasteiger partial charge >= 0.3 is 0 Å². The van der Waals surface area contributed by atoms with Crippen molar-refractivity contribution in [1.82, 2.24) is 15.6 Å². The molecule has 1 aromatic heterocycles. The van der Waals surface area contributed by atoms with Gasteiger partial charge in [0, 0.05) is 17.8 Å². The number of nitrogens with one attached hydrogen (secondary N) is 2. The number of nitrogens with zero attached hydrogens (tertiary/aromatic N) is 2. The minimum atomic E-state index is 0.475. The van der Waals surface area contributed by atoms with Crippen molar-refractivity contribution in [3.05, 3.63) is 17.3 Å². The first-order valence-electron chi connectivity index (χ1n) is 7.63. The summed E-state index contributed by atoms with van der Waals surface area (Å²) in [6.07, 6.45) is 5.91. The zero-order chi connectivity index (χ0) is 15.2. The summed E-state index contributed by atoms with van der Waals surface area (Å²) in [4.78, 5) is 8.95. The molecule has 21 heavy (non-hydrogen) atoms. The summed E-state index contributed by atoms with van der Waals surface area (Å²) in [6, 6.07) is 0.522. The van der Waals surface area contributed by atoms with Gasteiger partial charge in [0.05, 0.1) is 5.69 Å². The molecular formula is C15H26N4OS. The van der Waals surface area contributed by atoms with Crippen LogP contribution in [0.3, 0.4) is 0 Å². The first kappa shape index (κ1) is 16.2. The van der Waals surface area contributed by atoms with Gasteiger partial charge in [-0.2, -0.15) is 11.8 Å². The van der Waals surface area contributed by atoms with E-state index in [-0.39, 0.29) is 0 Å². The number of rotatable bonds is 5. The van der Waals surface area contributed by atoms with Crippen LogP contribution in [0.25, 0.3) is 0 Å². The van der Waals surface area contributed by atoms with E-state index in [9.17, 15) is 0 Å². The molecule has 0 aromatic carbocycles. The zero-order valence-electron chi connectivity index (χ0n) is 13.4. The van der Waals surface area contributed by atoms with Gasteiger partial charge in [-0.1, -0.05) is 0 Å². The third-order valence-corrected chi connectivity index (χ3v) is 4.94. The Kier molecular flexibility index (Phi) is 5.96. The summed E-state index contributed by atoms with van der Waals surface area (Å²) in [5.41, 5.74) is 0.941. The van der Waals surface area contributed by atoms with Crippen LogP contribution in [0.4, 0.5) is 0 Å². The minimum absolute atomic E-state index is 0.475. The van der Waals surface area contributed by atoms with E-state index in [4.69, 9.17) is 4.42 Å². The van der Waals surface area contributed by atoms with E-state index >= 15 is 0 Å². The Bertz CT molecular complexity index is 467. The highest BCUT2D eigenvalue weighted by Gasteiger charge is 2.24. The lowest BCUT2D eigenvalue weighted by molar-refractivity contribution is 0.472. The maximum atomic E-state index is 5.57. The van der Waals surface area contributed by atoms with E-state index in [1.165, 1.54) is 19.3 Å². The predicted octanol–water partition coefficient (Wildman–Crippen LogP) is 2.63. The molecule has 118 valence electrons. The van der Waals surface area contributed by atoms with Crippen molar-refractivity contribution in [3.63, 3.8) is 0 Å². The molecule has 0 bridgehead atoms. The monoisotopic (exact) mass is 310 g/mol. The summed E-state index contributed by atoms with van der Waals surface area (Å²) in [5, 5.41) is 7.61. The van der Waals surface area contributed by atoms with Gasteiger partial charge in [-0.15, -0.1) is 0 Å². The van der Waals surface area contributed by atoms with Gasteiger partial charge in [-0.3, -0.25) is 0 Å². The van der Waals surface area contributed by atoms with Gasteiger partial charge in [-0.25, -0.2) is 9.98 Å². The molecule has 1 aliphatic carbocycles. The zero-order valence-corrected chi connectivity index (χ0v) is 14.2. The smallest absolute Gasteiger partial charge is 0.216 e. The molecule has 2 N–H and O–H groups in total. The molecule has 2 rings (SSSR count). The first-order chi connectivity index (χ1) is 10.1. The fourth-order valence-corrected chi connectivity index (χ4v) is 3.35. The topological polar surface area (TPSA) is 62.5 Å². The first-order valence-corrected chi connectivity index (χ1v) is 8.91. The van der Waals surface area contributed by atoms with Crippen LogP contribution >= 0.6 is 11.8 Å². The van der Waals surface area contributed by atoms with Gasteiger partial charge in [0.25, 0.3) is 0 Å². The van der Waals surface area contributed by atoms with Gasteiger partial charge < -0.3 is 15.1 Å². The molecule has 1 aliphatic rings. The van der Waals surface area contributed by atoms with E-state index < -0.39 is 0 Å². The van der Waals surface area contributed by atoms with Crippen LogP contribution in [-0.2, 0) is 6.54 Å². The summed E-state index contributed by atoms with van der Waals surface area (Å²) >= 11 is 1.97. The summed E-state index contributed by atoms with van der Waals surface area (Å²) < 4.78 is 5.57. The molecule has 1 aromatic rings. The number of thioether (sulfide) groups is 1. The van der Waals surface area contributed by atoms with E-state index in [1.54, 1.807) is 0 Å². The number of hydrogen-bond donors (Lipinski definition) is 2. The second-order valence-electron chi connectivity index (χ2n) is 5.46. The second-order valence-corrected chi connectivity index (χ2v) is 6.59. The normalized spacial score (nSPS) is 22.6. The van der Waals surface area contributed by atoms with E-state index in [2.05, 4.69) is 33.8 Å². The molecule has 1 saturated carbocycles. The summed E-state index contributed by atoms with van der Waals surface area (Å²) in [5.74, 6) is 2.41. The molecule has 5 nitrogen and oxygen atoms in total. The van der Waals surface area contributed by atoms with Crippen LogP contribution in [-0.4, -0.2) is 35.0 Å². The van der Waals surface area contributed by atoms with Crippen LogP contribution in [0.2, 0.25) is 0 Å². The van der Waals surface area contributed by atoms with Crippen LogP contribution in [0.1, 0.15) is 43.5 Å². The van der Waals surface area contributed by atoms with Crippen LogP contribution in [0.15, 0.2) is 9.41 Å². The highest BCUT2D eigenvalue weighted by Crippen LogP contribution is 2.28. The average Bonchev–Trinajstić information content (AvgIpc) is 3.04. The Balaban J connectivity index is 1.93. The summed E-state index contributed by atoms with van der Waals surface area (Å²) in [7, 11) is 0. The predicted molar refractivity (Wildman–Crippen MR) is 88.9 cm³/mol. The third-order valence-electron chi connectivity index (χ3n) is 3.85. The lowest BCUT2D eigenvalue weighted by Gasteiger charge is -2.16. The van der Waals surface area contributed by atoms with Gasteiger partial charge in [0.15, 0.2) is 5.96 Å². The lowest BCUT2D eigenvalue weighted by Crippen LogP contribution is -2.42. The molecule has 2 unspecified atom stereocenters. The molecule has 0 saturated heterocycles. The second kappa shape index (κ2) is 7.73. The quantitative estimate of drug-likeness (QED) is 0.646. The molecule has 0 radical (unpaired) electrons. The molecular weight excluding hydrogens is 284 g/mol. The molecule has 2 atom stereocenters. The average molecular weight is 310 g/mol. The van der Waals surface area contributed by atoms with E-state index in [0.29, 0.717) is 18.5 Å². The van der Waals surface area contributed by atoms with E-state index in [1.807, 2.05) is 25.6 Å². The van der Waals surface area contributed by atoms with Crippen molar-refractivity contribution in [2.24, 2.45) is 4.99 Å². The Morgan fingerprint density at radius 3 is 2.81 bits per heavy atom. The Morgan fingerprint density at radius 1 is 1.43 bits per heavy atom. The SMILES string of the molecule is CCNC(=NCc1nc(C)c(C)o1)NC1CCC(SC)C1. The Labute approximate surface area is 131 Å². The fraction of sp³-hybridized carbons (Fsp3) is 0.733. The number of oxazole rings is 1. The third kappa shape index (κ3) is 4.66. The van der Waals surface area contributed by atoms with Crippen LogP contribution < -0.4 is 10.6 Å². The van der Waals surface area contributed by atoms with Crippen molar-refractivity contribution in [2.75, 3.05) is 12.8 Å². The molecule has 1 heterocycles. The number of aromatic nitrogens is 1. The number of aliphatic imine (C=N–C) groups is 1. The minimum Gasteiger partial charge on any atom is -0.444 e. The molecule has 6 heteroatoms. The molecule has 0 amide bonds. The Morgan fingerprint density at radius 2 is 2.24 bits per heavy atom. The number of guanidine groups is 1. The lowest BCUT2D eigenvalue weighted by atomic mass is 10.2. The van der Waals surface area contributed by atoms with Crippen molar-refractivity contribution in [3.8, 4) is 0 Å². The van der Waals surface area contributed by atoms with Gasteiger partial charge in [0.2, 0.25) is 5.89 Å². The van der Waals surface area contributed by atoms with E-state index in [0.717, 1.165) is 29.2 Å². The molecule has 0 aliphatic heterocycles. The highest BCUT2D eigenvalue weighted by atomic mass is 32.2. The Hall–Kier alpha value is -1.17. The number of hydrogen-bond acceptors (Lipinski definition) is 4. The van der Waals surface area contributed by atoms with Crippen molar-refractivity contribution >= 4 is 17.7 Å². The van der Waals surface area contributed by atoms with Gasteiger partial charge in [0.1, 0.15) is 12.3 Å². The van der Waals surface area contributed by atoms with Crippen molar-refractivity contribution < 1.29 is 4.42 Å². The highest BCUT2D eigenvalue weighted by molar-refractivity contribution is 7.99. The maximum absolute atomic E-state index is 5.57. The molecule has 0 spiro atoms. The standard InChI is InChI=1S/C15H26N4OS/c1-5-16-15(19-12-6-7-13(8-12)21-4)17-9-14-18-10(2)11(3)20-14/h12-13H,5-9H2,1-4H3,(H2,16,17,19). The van der Waals surface area contributed by atoms with Crippen molar-refractivity contribution in [2.45, 2.75) is 57.9 Å². The molecule has 1 fully saturated rings. The maximum Gasteiger partial charge on any atom is 0.216 e. The van der Waals surface area contributed by atoms with Crippen LogP contribution in [0.5, 0.6) is 0 Å². The van der Waals surface area contributed by atoms with Crippen LogP contribution in [0, 0.1) is 13.8 Å². The fourth-order valence-electron chi connectivity index (χ4n) is 2.55.